The zero-order valence-corrected chi connectivity index (χ0v) is 10.7. The van der Waals surface area contributed by atoms with E-state index < -0.39 is 0 Å². The number of hydrogen-bond donors (Lipinski definition) is 1. The molecular formula is C13H23N3. The molecule has 0 saturated heterocycles. The number of nitrogens with zero attached hydrogens (tertiary/aromatic N) is 2. The molecule has 2 saturated carbocycles. The van der Waals surface area contributed by atoms with Crippen LogP contribution in [-0.2, 0) is 0 Å². The smallest absolute Gasteiger partial charge is 0.0387 e. The van der Waals surface area contributed by atoms with Crippen LogP contribution in [0.4, 0.5) is 0 Å². The largest absolute Gasteiger partial charge is 0.323 e. The number of fused-ring (bicyclic) bond motifs is 1. The van der Waals surface area contributed by atoms with E-state index in [9.17, 15) is 0 Å². The summed E-state index contributed by atoms with van der Waals surface area (Å²) in [4.78, 5) is 4.45. The van der Waals surface area contributed by atoms with Gasteiger partial charge in [-0.15, -0.1) is 0 Å². The molecule has 2 fully saturated rings. The molecule has 2 atom stereocenters. The third kappa shape index (κ3) is 1.33. The average Bonchev–Trinajstić information content (AvgIpc) is 2.77. The lowest BCUT2D eigenvalue weighted by Gasteiger charge is -2.38. The molecule has 0 aromatic heterocycles. The van der Waals surface area contributed by atoms with Crippen molar-refractivity contribution in [2.75, 3.05) is 7.05 Å². The van der Waals surface area contributed by atoms with Gasteiger partial charge in [0, 0.05) is 18.5 Å². The highest BCUT2D eigenvalue weighted by Gasteiger charge is 2.59. The SMILES string of the molecule is CC[C@@]12CC(=NC)C[C@]1(CC)CC(=NN)C2. The summed E-state index contributed by atoms with van der Waals surface area (Å²) in [6.07, 6.45) is 6.94. The van der Waals surface area contributed by atoms with Crippen LogP contribution in [0.25, 0.3) is 0 Å². The van der Waals surface area contributed by atoms with Gasteiger partial charge in [-0.2, -0.15) is 5.10 Å². The Balaban J connectivity index is 2.41. The maximum Gasteiger partial charge on any atom is 0.0387 e. The minimum atomic E-state index is 0.398. The van der Waals surface area contributed by atoms with E-state index in [1.165, 1.54) is 24.3 Å². The molecule has 16 heavy (non-hydrogen) atoms. The number of rotatable bonds is 2. The number of aliphatic imine (C=N–C) groups is 1. The van der Waals surface area contributed by atoms with E-state index in [2.05, 4.69) is 23.9 Å². The fourth-order valence-electron chi connectivity index (χ4n) is 4.06. The normalized spacial score (nSPS) is 43.2. The van der Waals surface area contributed by atoms with E-state index in [1.807, 2.05) is 7.05 Å². The monoisotopic (exact) mass is 221 g/mol. The molecule has 0 unspecified atom stereocenters. The molecule has 0 aromatic rings. The quantitative estimate of drug-likeness (QED) is 0.565. The van der Waals surface area contributed by atoms with Crippen molar-refractivity contribution in [3.8, 4) is 0 Å². The summed E-state index contributed by atoms with van der Waals surface area (Å²) in [6.45, 7) is 4.62. The minimum Gasteiger partial charge on any atom is -0.323 e. The van der Waals surface area contributed by atoms with Crippen LogP contribution in [0, 0.1) is 10.8 Å². The molecule has 0 heterocycles. The van der Waals surface area contributed by atoms with Gasteiger partial charge in [0.2, 0.25) is 0 Å². The molecule has 3 heteroatoms. The van der Waals surface area contributed by atoms with Crippen molar-refractivity contribution < 1.29 is 0 Å². The second-order valence-corrected chi connectivity index (χ2v) is 5.46. The lowest BCUT2D eigenvalue weighted by molar-refractivity contribution is 0.0998. The van der Waals surface area contributed by atoms with Crippen molar-refractivity contribution in [3.63, 3.8) is 0 Å². The molecule has 0 amide bonds. The van der Waals surface area contributed by atoms with Crippen LogP contribution >= 0.6 is 0 Å². The van der Waals surface area contributed by atoms with Crippen molar-refractivity contribution in [3.05, 3.63) is 0 Å². The van der Waals surface area contributed by atoms with E-state index in [1.54, 1.807) is 0 Å². The molecule has 0 aromatic carbocycles. The Bertz CT molecular complexity index is 291. The van der Waals surface area contributed by atoms with Crippen LogP contribution in [0.5, 0.6) is 0 Å². The molecule has 0 spiro atoms. The zero-order chi connectivity index (χ0) is 11.8. The van der Waals surface area contributed by atoms with Crippen LogP contribution in [0.15, 0.2) is 10.1 Å². The highest BCUT2D eigenvalue weighted by Crippen LogP contribution is 2.64. The molecule has 90 valence electrons. The maximum atomic E-state index is 5.49. The second kappa shape index (κ2) is 3.86. The summed E-state index contributed by atoms with van der Waals surface area (Å²) in [6, 6.07) is 0. The van der Waals surface area contributed by atoms with Gasteiger partial charge in [-0.3, -0.25) is 4.99 Å². The Morgan fingerprint density at radius 3 is 1.75 bits per heavy atom. The number of hydrazone groups is 1. The minimum absolute atomic E-state index is 0.398. The first-order chi connectivity index (χ1) is 7.65. The van der Waals surface area contributed by atoms with Crippen LogP contribution < -0.4 is 5.84 Å². The second-order valence-electron chi connectivity index (χ2n) is 5.46. The van der Waals surface area contributed by atoms with Gasteiger partial charge in [-0.05, 0) is 49.4 Å². The molecular weight excluding hydrogens is 198 g/mol. The van der Waals surface area contributed by atoms with Crippen molar-refractivity contribution in [2.45, 2.75) is 52.4 Å². The van der Waals surface area contributed by atoms with Crippen molar-refractivity contribution in [1.82, 2.24) is 0 Å². The first kappa shape index (κ1) is 11.6. The molecule has 3 nitrogen and oxygen atoms in total. The van der Waals surface area contributed by atoms with Gasteiger partial charge in [0.25, 0.3) is 0 Å². The Kier molecular flexibility index (Phi) is 2.81. The lowest BCUT2D eigenvalue weighted by Crippen LogP contribution is -2.30. The van der Waals surface area contributed by atoms with E-state index in [0.717, 1.165) is 25.7 Å². The van der Waals surface area contributed by atoms with Crippen molar-refractivity contribution in [1.29, 1.82) is 0 Å². The zero-order valence-electron chi connectivity index (χ0n) is 10.7. The summed E-state index contributed by atoms with van der Waals surface area (Å²) in [7, 11) is 1.93. The summed E-state index contributed by atoms with van der Waals surface area (Å²) >= 11 is 0. The van der Waals surface area contributed by atoms with Crippen LogP contribution in [0.2, 0.25) is 0 Å². The Morgan fingerprint density at radius 1 is 1.00 bits per heavy atom. The fourth-order valence-corrected chi connectivity index (χ4v) is 4.06. The Hall–Kier alpha value is -0.860. The van der Waals surface area contributed by atoms with Gasteiger partial charge in [0.1, 0.15) is 0 Å². The number of hydrogen-bond acceptors (Lipinski definition) is 3. The molecule has 0 radical (unpaired) electrons. The molecule has 0 aliphatic heterocycles. The topological polar surface area (TPSA) is 50.7 Å². The van der Waals surface area contributed by atoms with Crippen LogP contribution in [0.1, 0.15) is 52.4 Å². The molecule has 2 N–H and O–H groups in total. The van der Waals surface area contributed by atoms with Crippen molar-refractivity contribution >= 4 is 11.4 Å². The number of nitrogens with two attached hydrogens (primary N) is 1. The van der Waals surface area contributed by atoms with Crippen LogP contribution in [-0.4, -0.2) is 18.5 Å². The van der Waals surface area contributed by atoms with E-state index in [-0.39, 0.29) is 0 Å². The maximum absolute atomic E-state index is 5.49. The Labute approximate surface area is 98.2 Å². The summed E-state index contributed by atoms with van der Waals surface area (Å²) in [5, 5.41) is 3.98. The predicted octanol–water partition coefficient (Wildman–Crippen LogP) is 2.75. The first-order valence-corrected chi connectivity index (χ1v) is 6.35. The van der Waals surface area contributed by atoms with Gasteiger partial charge in [0.05, 0.1) is 0 Å². The predicted molar refractivity (Wildman–Crippen MR) is 68.9 cm³/mol. The molecule has 2 rings (SSSR count). The van der Waals surface area contributed by atoms with Gasteiger partial charge in [0.15, 0.2) is 0 Å². The van der Waals surface area contributed by atoms with E-state index in [0.29, 0.717) is 10.8 Å². The van der Waals surface area contributed by atoms with Crippen molar-refractivity contribution in [2.24, 2.45) is 26.8 Å². The Morgan fingerprint density at radius 2 is 1.44 bits per heavy atom. The van der Waals surface area contributed by atoms with E-state index >= 15 is 0 Å². The van der Waals surface area contributed by atoms with Gasteiger partial charge in [-0.25, -0.2) is 0 Å². The van der Waals surface area contributed by atoms with E-state index in [4.69, 9.17) is 5.84 Å². The van der Waals surface area contributed by atoms with Crippen LogP contribution in [0.3, 0.4) is 0 Å². The third-order valence-electron chi connectivity index (χ3n) is 5.15. The highest BCUT2D eigenvalue weighted by molar-refractivity contribution is 5.96. The lowest BCUT2D eigenvalue weighted by atomic mass is 9.65. The average molecular weight is 221 g/mol. The molecule has 2 aliphatic carbocycles. The molecule has 2 aliphatic rings. The summed E-state index contributed by atoms with van der Waals surface area (Å²) in [5.74, 6) is 5.49. The first-order valence-electron chi connectivity index (χ1n) is 6.35. The van der Waals surface area contributed by atoms with Gasteiger partial charge < -0.3 is 5.84 Å². The highest BCUT2D eigenvalue weighted by atomic mass is 15.1. The molecule has 0 bridgehead atoms. The third-order valence-corrected chi connectivity index (χ3v) is 5.15. The van der Waals surface area contributed by atoms with Gasteiger partial charge >= 0.3 is 0 Å². The summed E-state index contributed by atoms with van der Waals surface area (Å²) in [5.41, 5.74) is 3.42. The summed E-state index contributed by atoms with van der Waals surface area (Å²) < 4.78 is 0. The van der Waals surface area contributed by atoms with Gasteiger partial charge in [-0.1, -0.05) is 13.8 Å². The fraction of sp³-hybridized carbons (Fsp3) is 0.846. The standard InChI is InChI=1S/C13H23N3/c1-4-12-6-10(15-3)7-13(12,5-2)9-11(8-12)16-14/h4-9,14H2,1-3H3/t12-,13+.